The van der Waals surface area contributed by atoms with Gasteiger partial charge < -0.3 is 21.1 Å². The number of nitrogens with zero attached hydrogens (tertiary/aromatic N) is 3. The monoisotopic (exact) mass is 430 g/mol. The quantitative estimate of drug-likeness (QED) is 0.572. The van der Waals surface area contributed by atoms with Gasteiger partial charge in [0.2, 0.25) is 0 Å². The predicted octanol–water partition coefficient (Wildman–Crippen LogP) is 2.84. The molecule has 3 heterocycles. The third-order valence-electron chi connectivity index (χ3n) is 4.68. The normalized spacial score (nSPS) is 15.9. The zero-order chi connectivity index (χ0) is 21.3. The lowest BCUT2D eigenvalue weighted by Crippen LogP contribution is -2.17. The highest BCUT2D eigenvalue weighted by Gasteiger charge is 2.21. The molecule has 4 rings (SSSR count). The third kappa shape index (κ3) is 4.16. The Bertz CT molecular complexity index is 1110. The highest BCUT2D eigenvalue weighted by molar-refractivity contribution is 7.17. The van der Waals surface area contributed by atoms with Gasteiger partial charge in [0.15, 0.2) is 10.9 Å². The molecule has 1 saturated heterocycles. The van der Waals surface area contributed by atoms with Crippen LogP contribution in [-0.2, 0) is 4.74 Å². The van der Waals surface area contributed by atoms with Gasteiger partial charge >= 0.3 is 0 Å². The number of carbonyl (C=O) groups excluding carboxylic acids is 2. The molecule has 0 saturated carbocycles. The molecule has 9 nitrogen and oxygen atoms in total. The van der Waals surface area contributed by atoms with Gasteiger partial charge in [0.1, 0.15) is 10.7 Å². The van der Waals surface area contributed by atoms with E-state index in [0.717, 1.165) is 17.8 Å². The maximum Gasteiger partial charge on any atom is 0.267 e. The summed E-state index contributed by atoms with van der Waals surface area (Å²) in [5.74, 6) is -1.51. The Balaban J connectivity index is 1.51. The van der Waals surface area contributed by atoms with Gasteiger partial charge in [-0.05, 0) is 31.0 Å². The van der Waals surface area contributed by atoms with Crippen LogP contribution in [0, 0.1) is 12.7 Å². The number of rotatable bonds is 5. The van der Waals surface area contributed by atoms with Crippen molar-refractivity contribution in [1.82, 2.24) is 14.8 Å². The van der Waals surface area contributed by atoms with Gasteiger partial charge in [0.05, 0.1) is 24.4 Å². The summed E-state index contributed by atoms with van der Waals surface area (Å²) >= 11 is 1.03. The van der Waals surface area contributed by atoms with Crippen molar-refractivity contribution in [2.75, 3.05) is 29.6 Å². The van der Waals surface area contributed by atoms with Gasteiger partial charge in [-0.25, -0.2) is 9.37 Å². The van der Waals surface area contributed by atoms with Gasteiger partial charge in [0, 0.05) is 24.6 Å². The van der Waals surface area contributed by atoms with Crippen LogP contribution in [0.2, 0.25) is 0 Å². The number of thiazole rings is 1. The predicted molar refractivity (Wildman–Crippen MR) is 110 cm³/mol. The Labute approximate surface area is 175 Å². The van der Waals surface area contributed by atoms with E-state index in [1.54, 1.807) is 23.9 Å². The first kappa shape index (κ1) is 20.0. The van der Waals surface area contributed by atoms with E-state index >= 15 is 0 Å². The molecule has 0 bridgehead atoms. The summed E-state index contributed by atoms with van der Waals surface area (Å²) in [5, 5.41) is 9.83. The van der Waals surface area contributed by atoms with E-state index in [9.17, 15) is 14.0 Å². The minimum atomic E-state index is -0.700. The molecule has 2 aromatic heterocycles. The van der Waals surface area contributed by atoms with Crippen molar-refractivity contribution in [3.63, 3.8) is 0 Å². The van der Waals surface area contributed by atoms with E-state index < -0.39 is 17.6 Å². The van der Waals surface area contributed by atoms with Crippen molar-refractivity contribution in [2.45, 2.75) is 19.4 Å². The first-order valence-corrected chi connectivity index (χ1v) is 9.99. The molecule has 2 amide bonds. The fourth-order valence-corrected chi connectivity index (χ4v) is 3.66. The fourth-order valence-electron chi connectivity index (χ4n) is 3.08. The van der Waals surface area contributed by atoms with E-state index in [2.05, 4.69) is 20.7 Å². The first-order chi connectivity index (χ1) is 14.4. The summed E-state index contributed by atoms with van der Waals surface area (Å²) in [5.41, 5.74) is 6.12. The van der Waals surface area contributed by atoms with Gasteiger partial charge in [-0.1, -0.05) is 11.3 Å². The number of ether oxygens (including phenoxy) is 1. The van der Waals surface area contributed by atoms with Crippen LogP contribution in [0.5, 0.6) is 0 Å². The van der Waals surface area contributed by atoms with Crippen LogP contribution in [0.15, 0.2) is 30.6 Å². The van der Waals surface area contributed by atoms with Crippen LogP contribution in [0.3, 0.4) is 0 Å². The number of carbonyl (C=O) groups is 2. The second-order valence-corrected chi connectivity index (χ2v) is 7.88. The smallest absolute Gasteiger partial charge is 0.267 e. The molecule has 1 fully saturated rings. The van der Waals surface area contributed by atoms with Crippen LogP contribution in [0.25, 0.3) is 0 Å². The second kappa shape index (κ2) is 8.20. The highest BCUT2D eigenvalue weighted by atomic mass is 32.1. The molecule has 0 spiro atoms. The van der Waals surface area contributed by atoms with Crippen LogP contribution >= 0.6 is 11.3 Å². The van der Waals surface area contributed by atoms with Crippen LogP contribution in [0.1, 0.15) is 38.1 Å². The van der Waals surface area contributed by atoms with Crippen molar-refractivity contribution in [3.8, 4) is 0 Å². The molecule has 4 N–H and O–H groups in total. The molecule has 0 unspecified atom stereocenters. The van der Waals surface area contributed by atoms with E-state index in [-0.39, 0.29) is 16.7 Å². The first-order valence-electron chi connectivity index (χ1n) is 9.18. The Kier molecular flexibility index (Phi) is 5.46. The number of nitrogens with one attached hydrogen (secondary N) is 2. The Hall–Kier alpha value is -3.31. The average molecular weight is 430 g/mol. The topological polar surface area (TPSA) is 124 Å². The Morgan fingerprint density at radius 1 is 1.33 bits per heavy atom. The zero-order valence-corrected chi connectivity index (χ0v) is 16.8. The number of aryl methyl sites for hydroxylation is 1. The number of aromatic nitrogens is 3. The molecule has 3 aromatic rings. The number of halogens is 1. The van der Waals surface area contributed by atoms with Gasteiger partial charge in [-0.2, -0.15) is 5.10 Å². The molecule has 11 heteroatoms. The van der Waals surface area contributed by atoms with Crippen LogP contribution in [-0.4, -0.2) is 39.8 Å². The summed E-state index contributed by atoms with van der Waals surface area (Å²) in [7, 11) is 0. The summed E-state index contributed by atoms with van der Waals surface area (Å²) in [6.45, 7) is 2.87. The molecule has 1 aliphatic heterocycles. The SMILES string of the molecule is Cc1cc(F)c(C(=O)Nc2ccn([C@@H]3CCOC3)n2)cc1NC(=O)c1cnc(N)s1. The number of nitrogens with two attached hydrogens (primary N) is 1. The molecule has 156 valence electrons. The molecular weight excluding hydrogens is 411 g/mol. The summed E-state index contributed by atoms with van der Waals surface area (Å²) < 4.78 is 21.5. The molecule has 0 radical (unpaired) electrons. The number of hydrogen-bond donors (Lipinski definition) is 3. The fraction of sp³-hybridized carbons (Fsp3) is 0.263. The zero-order valence-electron chi connectivity index (χ0n) is 16.0. The van der Waals surface area contributed by atoms with Gasteiger partial charge in [-0.15, -0.1) is 0 Å². The molecular formula is C19H19FN6O3S. The van der Waals surface area contributed by atoms with Crippen LogP contribution < -0.4 is 16.4 Å². The van der Waals surface area contributed by atoms with Crippen molar-refractivity contribution < 1.29 is 18.7 Å². The number of nitrogen functional groups attached to an aromatic ring is 1. The largest absolute Gasteiger partial charge is 0.379 e. The standard InChI is InChI=1S/C19H19FN6O3S/c1-10-6-13(20)12(7-14(10)23-18(28)15-8-22-19(21)30-15)17(27)24-16-2-4-26(25-16)11-3-5-29-9-11/h2,4,6-8,11H,3,5,9H2,1H3,(H2,21,22)(H,23,28)(H,24,25,27)/t11-/m1/s1. The number of amides is 2. The van der Waals surface area contributed by atoms with E-state index in [0.29, 0.717) is 35.2 Å². The molecule has 1 atom stereocenters. The summed E-state index contributed by atoms with van der Waals surface area (Å²) in [6.07, 6.45) is 3.94. The van der Waals surface area contributed by atoms with Crippen molar-refractivity contribution >= 4 is 39.8 Å². The van der Waals surface area contributed by atoms with Crippen molar-refractivity contribution in [3.05, 3.63) is 52.4 Å². The lowest BCUT2D eigenvalue weighted by atomic mass is 10.1. The maximum absolute atomic E-state index is 14.5. The minimum Gasteiger partial charge on any atom is -0.379 e. The van der Waals surface area contributed by atoms with E-state index in [1.807, 2.05) is 0 Å². The van der Waals surface area contributed by atoms with Gasteiger partial charge in [-0.3, -0.25) is 14.3 Å². The highest BCUT2D eigenvalue weighted by Crippen LogP contribution is 2.24. The Morgan fingerprint density at radius 2 is 2.17 bits per heavy atom. The maximum atomic E-state index is 14.5. The average Bonchev–Trinajstić information content (AvgIpc) is 3.45. The van der Waals surface area contributed by atoms with Crippen LogP contribution in [0.4, 0.5) is 21.0 Å². The molecule has 0 aliphatic carbocycles. The lowest BCUT2D eigenvalue weighted by Gasteiger charge is -2.11. The number of hydrogen-bond acceptors (Lipinski definition) is 7. The number of benzene rings is 1. The van der Waals surface area contributed by atoms with Gasteiger partial charge in [0.25, 0.3) is 11.8 Å². The Morgan fingerprint density at radius 3 is 2.87 bits per heavy atom. The van der Waals surface area contributed by atoms with Crippen molar-refractivity contribution in [2.24, 2.45) is 0 Å². The number of anilines is 3. The third-order valence-corrected chi connectivity index (χ3v) is 5.51. The summed E-state index contributed by atoms with van der Waals surface area (Å²) in [6, 6.07) is 4.25. The second-order valence-electron chi connectivity index (χ2n) is 6.82. The minimum absolute atomic E-state index is 0.120. The van der Waals surface area contributed by atoms with E-state index in [1.165, 1.54) is 18.3 Å². The lowest BCUT2D eigenvalue weighted by molar-refractivity contribution is 0.101. The molecule has 30 heavy (non-hydrogen) atoms. The summed E-state index contributed by atoms with van der Waals surface area (Å²) in [4.78, 5) is 29.1. The van der Waals surface area contributed by atoms with Crippen molar-refractivity contribution in [1.29, 1.82) is 0 Å². The van der Waals surface area contributed by atoms with E-state index in [4.69, 9.17) is 10.5 Å². The molecule has 1 aromatic carbocycles. The molecule has 1 aliphatic rings.